The van der Waals surface area contributed by atoms with Crippen molar-refractivity contribution in [3.8, 4) is 0 Å². The Labute approximate surface area is 115 Å². The Morgan fingerprint density at radius 2 is 2.17 bits per heavy atom. The van der Waals surface area contributed by atoms with Gasteiger partial charge in [-0.25, -0.2) is 0 Å². The number of carbonyl (C=O) groups excluding carboxylic acids is 1. The number of ether oxygens (including phenoxy) is 1. The number of thioether (sulfide) groups is 1. The summed E-state index contributed by atoms with van der Waals surface area (Å²) in [5.74, 6) is 2.39. The Morgan fingerprint density at radius 1 is 1.44 bits per heavy atom. The van der Waals surface area contributed by atoms with Gasteiger partial charge in [0.05, 0.1) is 13.5 Å². The van der Waals surface area contributed by atoms with Crippen LogP contribution in [0.3, 0.4) is 0 Å². The topological polar surface area (TPSA) is 38.3 Å². The minimum Gasteiger partial charge on any atom is -0.469 e. The summed E-state index contributed by atoms with van der Waals surface area (Å²) in [5.41, 5.74) is 0. The van der Waals surface area contributed by atoms with Crippen molar-refractivity contribution in [1.29, 1.82) is 0 Å². The lowest BCUT2D eigenvalue weighted by Gasteiger charge is -2.37. The summed E-state index contributed by atoms with van der Waals surface area (Å²) < 4.78 is 4.68. The zero-order chi connectivity index (χ0) is 13.5. The second-order valence-corrected chi connectivity index (χ2v) is 6.79. The van der Waals surface area contributed by atoms with Crippen LogP contribution in [0.4, 0.5) is 0 Å². The molecule has 0 heterocycles. The molecule has 18 heavy (non-hydrogen) atoms. The lowest BCUT2D eigenvalue weighted by Crippen LogP contribution is -2.41. The van der Waals surface area contributed by atoms with Crippen molar-refractivity contribution in [3.63, 3.8) is 0 Å². The van der Waals surface area contributed by atoms with Gasteiger partial charge in [-0.2, -0.15) is 11.8 Å². The highest BCUT2D eigenvalue weighted by Crippen LogP contribution is 2.36. The monoisotopic (exact) mass is 273 g/mol. The van der Waals surface area contributed by atoms with E-state index < -0.39 is 0 Å². The molecule has 0 amide bonds. The highest BCUT2D eigenvalue weighted by molar-refractivity contribution is 7.99. The number of methoxy groups -OCH3 is 1. The van der Waals surface area contributed by atoms with Crippen molar-refractivity contribution in [2.24, 2.45) is 11.8 Å². The van der Waals surface area contributed by atoms with Crippen molar-refractivity contribution < 1.29 is 9.53 Å². The maximum atomic E-state index is 11.1. The molecule has 1 aliphatic carbocycles. The van der Waals surface area contributed by atoms with Crippen LogP contribution in [-0.4, -0.2) is 37.2 Å². The Morgan fingerprint density at radius 3 is 2.72 bits per heavy atom. The number of nitrogens with one attached hydrogen (secondary N) is 1. The van der Waals surface area contributed by atoms with Gasteiger partial charge >= 0.3 is 5.97 Å². The smallest absolute Gasteiger partial charge is 0.306 e. The van der Waals surface area contributed by atoms with E-state index in [1.807, 2.05) is 18.8 Å². The summed E-state index contributed by atoms with van der Waals surface area (Å²) >= 11 is 1.93. The van der Waals surface area contributed by atoms with Gasteiger partial charge in [0.15, 0.2) is 0 Å². The van der Waals surface area contributed by atoms with Crippen LogP contribution in [0.25, 0.3) is 0 Å². The maximum Gasteiger partial charge on any atom is 0.306 e. The summed E-state index contributed by atoms with van der Waals surface area (Å²) in [6.07, 6.45) is 4.39. The standard InChI is InChI=1S/C14H27NO2S/c1-10(2)11-5-6-12(15-3)13(9-11)18-8-7-14(16)17-4/h10-13,15H,5-9H2,1-4H3. The van der Waals surface area contributed by atoms with Crippen molar-refractivity contribution in [3.05, 3.63) is 0 Å². The normalized spacial score (nSPS) is 28.4. The predicted molar refractivity (Wildman–Crippen MR) is 77.9 cm³/mol. The second-order valence-electron chi connectivity index (χ2n) is 5.45. The van der Waals surface area contributed by atoms with E-state index in [0.29, 0.717) is 17.7 Å². The van der Waals surface area contributed by atoms with Gasteiger partial charge in [-0.15, -0.1) is 0 Å². The Balaban J connectivity index is 2.40. The number of hydrogen-bond donors (Lipinski definition) is 1. The van der Waals surface area contributed by atoms with Gasteiger partial charge in [-0.3, -0.25) is 4.79 Å². The van der Waals surface area contributed by atoms with E-state index in [1.54, 1.807) is 0 Å². The average molecular weight is 273 g/mol. The molecule has 0 aromatic rings. The van der Waals surface area contributed by atoms with Crippen molar-refractivity contribution in [1.82, 2.24) is 5.32 Å². The second kappa shape index (κ2) is 8.05. The van der Waals surface area contributed by atoms with Gasteiger partial charge in [-0.05, 0) is 38.1 Å². The molecule has 0 radical (unpaired) electrons. The minimum absolute atomic E-state index is 0.0975. The van der Waals surface area contributed by atoms with Crippen LogP contribution < -0.4 is 5.32 Å². The van der Waals surface area contributed by atoms with E-state index >= 15 is 0 Å². The van der Waals surface area contributed by atoms with Gasteiger partial charge in [0.25, 0.3) is 0 Å². The summed E-state index contributed by atoms with van der Waals surface area (Å²) in [4.78, 5) is 11.1. The third-order valence-electron chi connectivity index (χ3n) is 4.01. The fourth-order valence-electron chi connectivity index (χ4n) is 2.68. The third kappa shape index (κ3) is 4.81. The minimum atomic E-state index is -0.0975. The number of rotatable bonds is 6. The molecular weight excluding hydrogens is 246 g/mol. The molecule has 1 rings (SSSR count). The van der Waals surface area contributed by atoms with Crippen molar-refractivity contribution in [2.75, 3.05) is 19.9 Å². The van der Waals surface area contributed by atoms with Crippen molar-refractivity contribution in [2.45, 2.75) is 50.8 Å². The molecule has 106 valence electrons. The molecule has 0 saturated heterocycles. The summed E-state index contributed by atoms with van der Waals surface area (Å²) in [7, 11) is 3.51. The number of carbonyl (C=O) groups is 1. The van der Waals surface area contributed by atoms with E-state index in [0.717, 1.165) is 17.6 Å². The van der Waals surface area contributed by atoms with Crippen LogP contribution in [0.1, 0.15) is 39.5 Å². The van der Waals surface area contributed by atoms with Crippen LogP contribution in [0, 0.1) is 11.8 Å². The Bertz CT molecular complexity index is 258. The highest BCUT2D eigenvalue weighted by atomic mass is 32.2. The quantitative estimate of drug-likeness (QED) is 0.755. The molecule has 1 N–H and O–H groups in total. The van der Waals surface area contributed by atoms with E-state index in [2.05, 4.69) is 23.9 Å². The molecule has 1 fully saturated rings. The first kappa shape index (κ1) is 15.8. The van der Waals surface area contributed by atoms with E-state index in [1.165, 1.54) is 26.4 Å². The first-order chi connectivity index (χ1) is 8.58. The van der Waals surface area contributed by atoms with E-state index in [-0.39, 0.29) is 5.97 Å². The van der Waals surface area contributed by atoms with Gasteiger partial charge in [0.2, 0.25) is 0 Å². The Kier molecular flexibility index (Phi) is 7.08. The number of hydrogen-bond acceptors (Lipinski definition) is 4. The summed E-state index contributed by atoms with van der Waals surface area (Å²) in [6.45, 7) is 4.64. The number of esters is 1. The lowest BCUT2D eigenvalue weighted by molar-refractivity contribution is -0.140. The van der Waals surface area contributed by atoms with Crippen LogP contribution in [0.2, 0.25) is 0 Å². The van der Waals surface area contributed by atoms with E-state index in [4.69, 9.17) is 0 Å². The molecular formula is C14H27NO2S. The Hall–Kier alpha value is -0.220. The lowest BCUT2D eigenvalue weighted by atomic mass is 9.79. The maximum absolute atomic E-state index is 11.1. The SMILES string of the molecule is CNC1CCC(C(C)C)CC1SCCC(=O)OC. The summed E-state index contributed by atoms with van der Waals surface area (Å²) in [6, 6.07) is 0.600. The first-order valence-electron chi connectivity index (χ1n) is 6.94. The summed E-state index contributed by atoms with van der Waals surface area (Å²) in [5, 5.41) is 4.07. The fourth-order valence-corrected chi connectivity index (χ4v) is 4.15. The molecule has 1 saturated carbocycles. The van der Waals surface area contributed by atoms with Crippen LogP contribution in [0.5, 0.6) is 0 Å². The zero-order valence-electron chi connectivity index (χ0n) is 12.1. The highest BCUT2D eigenvalue weighted by Gasteiger charge is 2.31. The van der Waals surface area contributed by atoms with Gasteiger partial charge in [0.1, 0.15) is 0 Å². The van der Waals surface area contributed by atoms with Crippen LogP contribution >= 0.6 is 11.8 Å². The molecule has 3 unspecified atom stereocenters. The largest absolute Gasteiger partial charge is 0.469 e. The molecule has 0 bridgehead atoms. The zero-order valence-corrected chi connectivity index (χ0v) is 12.9. The molecule has 0 spiro atoms. The molecule has 0 aromatic heterocycles. The third-order valence-corrected chi connectivity index (χ3v) is 5.40. The van der Waals surface area contributed by atoms with Gasteiger partial charge < -0.3 is 10.1 Å². The molecule has 3 nitrogen and oxygen atoms in total. The fraction of sp³-hybridized carbons (Fsp3) is 0.929. The molecule has 0 aromatic carbocycles. The van der Waals surface area contributed by atoms with Gasteiger partial charge in [0, 0.05) is 17.0 Å². The molecule has 0 aliphatic heterocycles. The molecule has 3 atom stereocenters. The van der Waals surface area contributed by atoms with Crippen LogP contribution in [-0.2, 0) is 9.53 Å². The predicted octanol–water partition coefficient (Wildman–Crippen LogP) is 2.70. The molecule has 4 heteroatoms. The van der Waals surface area contributed by atoms with E-state index in [9.17, 15) is 4.79 Å². The van der Waals surface area contributed by atoms with Crippen LogP contribution in [0.15, 0.2) is 0 Å². The van der Waals surface area contributed by atoms with Gasteiger partial charge in [-0.1, -0.05) is 13.8 Å². The molecule has 1 aliphatic rings. The first-order valence-corrected chi connectivity index (χ1v) is 7.99. The average Bonchev–Trinajstić information content (AvgIpc) is 2.38. The van der Waals surface area contributed by atoms with Crippen molar-refractivity contribution >= 4 is 17.7 Å².